The summed E-state index contributed by atoms with van der Waals surface area (Å²) in [5, 5.41) is 0. The van der Waals surface area contributed by atoms with Crippen molar-refractivity contribution in [2.75, 3.05) is 18.5 Å². The minimum absolute atomic E-state index is 1.13. The van der Waals surface area contributed by atoms with Crippen LogP contribution in [0.1, 0.15) is 32.3 Å². The molecule has 0 radical (unpaired) electrons. The average Bonchev–Trinajstić information content (AvgIpc) is 2.20. The highest BCUT2D eigenvalue weighted by atomic mass is 15.1. The van der Waals surface area contributed by atoms with E-state index in [9.17, 15) is 0 Å². The van der Waals surface area contributed by atoms with Crippen LogP contribution in [0.15, 0.2) is 24.3 Å². The Balaban J connectivity index is 2.62. The summed E-state index contributed by atoms with van der Waals surface area (Å²) in [6.45, 7) is 5.56. The van der Waals surface area contributed by atoms with Gasteiger partial charge in [0, 0.05) is 19.3 Å². The summed E-state index contributed by atoms with van der Waals surface area (Å²) in [5.41, 5.74) is 2.77. The van der Waals surface area contributed by atoms with Crippen molar-refractivity contribution in [1.29, 1.82) is 0 Å². The van der Waals surface area contributed by atoms with Crippen LogP contribution < -0.4 is 4.90 Å². The van der Waals surface area contributed by atoms with Crippen molar-refractivity contribution < 1.29 is 0 Å². The lowest BCUT2D eigenvalue weighted by atomic mass is 10.1. The van der Waals surface area contributed by atoms with Gasteiger partial charge in [0.2, 0.25) is 0 Å². The Morgan fingerprint density at radius 1 is 1.00 bits per heavy atom. The molecule has 1 aromatic rings. The minimum Gasteiger partial charge on any atom is -0.375 e. The molecule has 0 aliphatic carbocycles. The Hall–Kier alpha value is -0.980. The van der Waals surface area contributed by atoms with Crippen molar-refractivity contribution in [2.45, 2.75) is 33.1 Å². The first-order valence-electron chi connectivity index (χ1n) is 5.58. The van der Waals surface area contributed by atoms with Gasteiger partial charge in [-0.3, -0.25) is 0 Å². The Morgan fingerprint density at radius 3 is 2.14 bits per heavy atom. The molecule has 0 N–H and O–H groups in total. The molecule has 1 nitrogen and oxygen atoms in total. The third kappa shape index (κ3) is 3.06. The van der Waals surface area contributed by atoms with Gasteiger partial charge in [0.1, 0.15) is 0 Å². The van der Waals surface area contributed by atoms with Crippen molar-refractivity contribution in [3.8, 4) is 0 Å². The molecule has 0 spiro atoms. The number of rotatable bonds is 5. The van der Waals surface area contributed by atoms with Crippen LogP contribution in [0.3, 0.4) is 0 Å². The zero-order chi connectivity index (χ0) is 10.4. The molecule has 0 aliphatic heterocycles. The second kappa shape index (κ2) is 5.69. The maximum atomic E-state index is 2.30. The molecule has 1 aromatic carbocycles. The van der Waals surface area contributed by atoms with Crippen LogP contribution in [0.4, 0.5) is 5.69 Å². The molecule has 0 heterocycles. The van der Waals surface area contributed by atoms with Crippen molar-refractivity contribution in [3.05, 3.63) is 29.8 Å². The van der Waals surface area contributed by atoms with Crippen molar-refractivity contribution in [2.24, 2.45) is 0 Å². The van der Waals surface area contributed by atoms with Gasteiger partial charge in [0.25, 0.3) is 0 Å². The van der Waals surface area contributed by atoms with Crippen LogP contribution in [0, 0.1) is 0 Å². The number of hydrogen-bond donors (Lipinski definition) is 0. The average molecular weight is 191 g/mol. The summed E-state index contributed by atoms with van der Waals surface area (Å²) in [4.78, 5) is 2.30. The van der Waals surface area contributed by atoms with Gasteiger partial charge in [-0.05, 0) is 30.5 Å². The zero-order valence-electron chi connectivity index (χ0n) is 9.59. The van der Waals surface area contributed by atoms with Crippen LogP contribution in [-0.4, -0.2) is 13.6 Å². The summed E-state index contributed by atoms with van der Waals surface area (Å²) in [7, 11) is 2.15. The van der Waals surface area contributed by atoms with Gasteiger partial charge in [-0.25, -0.2) is 0 Å². The first kappa shape index (κ1) is 11.1. The summed E-state index contributed by atoms with van der Waals surface area (Å²) in [5.74, 6) is 0. The molecule has 1 rings (SSSR count). The van der Waals surface area contributed by atoms with Crippen LogP contribution in [0.5, 0.6) is 0 Å². The van der Waals surface area contributed by atoms with E-state index >= 15 is 0 Å². The number of benzene rings is 1. The predicted octanol–water partition coefficient (Wildman–Crippen LogP) is 3.49. The summed E-state index contributed by atoms with van der Waals surface area (Å²) in [6.07, 6.45) is 3.62. The molecule has 0 atom stereocenters. The lowest BCUT2D eigenvalue weighted by molar-refractivity contribution is 0.851. The SMILES string of the molecule is CCCc1ccc(N(C)CCC)cc1. The van der Waals surface area contributed by atoms with Gasteiger partial charge >= 0.3 is 0 Å². The fraction of sp³-hybridized carbons (Fsp3) is 0.538. The van der Waals surface area contributed by atoms with E-state index in [-0.39, 0.29) is 0 Å². The largest absolute Gasteiger partial charge is 0.375 e. The highest BCUT2D eigenvalue weighted by molar-refractivity contribution is 5.46. The fourth-order valence-corrected chi connectivity index (χ4v) is 1.67. The highest BCUT2D eigenvalue weighted by Crippen LogP contribution is 2.14. The normalized spacial score (nSPS) is 10.2. The standard InChI is InChI=1S/C13H21N/c1-4-6-12-7-9-13(10-8-12)14(3)11-5-2/h7-10H,4-6,11H2,1-3H3. The summed E-state index contributed by atoms with van der Waals surface area (Å²) < 4.78 is 0. The van der Waals surface area contributed by atoms with Crippen molar-refractivity contribution in [1.82, 2.24) is 0 Å². The molecule has 0 saturated carbocycles. The van der Waals surface area contributed by atoms with Gasteiger partial charge in [-0.15, -0.1) is 0 Å². The summed E-state index contributed by atoms with van der Waals surface area (Å²) in [6, 6.07) is 8.93. The minimum atomic E-state index is 1.13. The first-order chi connectivity index (χ1) is 6.77. The maximum absolute atomic E-state index is 2.30. The van der Waals surface area contributed by atoms with E-state index in [2.05, 4.69) is 50.1 Å². The topological polar surface area (TPSA) is 3.24 Å². The fourth-order valence-electron chi connectivity index (χ4n) is 1.67. The van der Waals surface area contributed by atoms with Crippen LogP contribution >= 0.6 is 0 Å². The molecule has 78 valence electrons. The molecule has 14 heavy (non-hydrogen) atoms. The van der Waals surface area contributed by atoms with E-state index < -0.39 is 0 Å². The number of hydrogen-bond acceptors (Lipinski definition) is 1. The Bertz CT molecular complexity index is 250. The van der Waals surface area contributed by atoms with E-state index in [1.807, 2.05) is 0 Å². The van der Waals surface area contributed by atoms with Gasteiger partial charge < -0.3 is 4.90 Å². The quantitative estimate of drug-likeness (QED) is 0.688. The summed E-state index contributed by atoms with van der Waals surface area (Å²) >= 11 is 0. The van der Waals surface area contributed by atoms with E-state index in [4.69, 9.17) is 0 Å². The van der Waals surface area contributed by atoms with Gasteiger partial charge in [-0.2, -0.15) is 0 Å². The third-order valence-electron chi connectivity index (χ3n) is 2.47. The monoisotopic (exact) mass is 191 g/mol. The first-order valence-corrected chi connectivity index (χ1v) is 5.58. The second-order valence-electron chi connectivity index (χ2n) is 3.84. The molecule has 0 unspecified atom stereocenters. The molecular weight excluding hydrogens is 170 g/mol. The molecule has 0 fully saturated rings. The highest BCUT2D eigenvalue weighted by Gasteiger charge is 1.98. The smallest absolute Gasteiger partial charge is 0.0363 e. The van der Waals surface area contributed by atoms with Crippen LogP contribution in [0.2, 0.25) is 0 Å². The molecule has 0 bridgehead atoms. The second-order valence-corrected chi connectivity index (χ2v) is 3.84. The van der Waals surface area contributed by atoms with Gasteiger partial charge in [0.05, 0.1) is 0 Å². The Labute approximate surface area is 87.7 Å². The van der Waals surface area contributed by atoms with Crippen molar-refractivity contribution >= 4 is 5.69 Å². The van der Waals surface area contributed by atoms with E-state index in [1.165, 1.54) is 30.5 Å². The Morgan fingerprint density at radius 2 is 1.64 bits per heavy atom. The number of aryl methyl sites for hydroxylation is 1. The molecule has 1 heteroatoms. The molecule has 0 amide bonds. The molecule has 0 saturated heterocycles. The van der Waals surface area contributed by atoms with Gasteiger partial charge in [0.15, 0.2) is 0 Å². The lowest BCUT2D eigenvalue weighted by Gasteiger charge is -2.18. The van der Waals surface area contributed by atoms with Crippen LogP contribution in [0.25, 0.3) is 0 Å². The zero-order valence-corrected chi connectivity index (χ0v) is 9.59. The number of anilines is 1. The van der Waals surface area contributed by atoms with E-state index in [1.54, 1.807) is 0 Å². The molecule has 0 aromatic heterocycles. The molecular formula is C13H21N. The Kier molecular flexibility index (Phi) is 4.51. The maximum Gasteiger partial charge on any atom is 0.0363 e. The van der Waals surface area contributed by atoms with E-state index in [0.29, 0.717) is 0 Å². The predicted molar refractivity (Wildman–Crippen MR) is 64.0 cm³/mol. The van der Waals surface area contributed by atoms with Gasteiger partial charge in [-0.1, -0.05) is 32.4 Å². The number of nitrogens with zero attached hydrogens (tertiary/aromatic N) is 1. The van der Waals surface area contributed by atoms with Crippen LogP contribution in [-0.2, 0) is 6.42 Å². The third-order valence-corrected chi connectivity index (χ3v) is 2.47. The lowest BCUT2D eigenvalue weighted by Crippen LogP contribution is -2.17. The van der Waals surface area contributed by atoms with Crippen molar-refractivity contribution in [3.63, 3.8) is 0 Å². The van der Waals surface area contributed by atoms with E-state index in [0.717, 1.165) is 6.54 Å². The molecule has 0 aliphatic rings.